The Bertz CT molecular complexity index is 347. The van der Waals surface area contributed by atoms with Gasteiger partial charge in [0.25, 0.3) is 0 Å². The van der Waals surface area contributed by atoms with Gasteiger partial charge in [-0.05, 0) is 31.4 Å². The van der Waals surface area contributed by atoms with Crippen molar-refractivity contribution < 1.29 is 0 Å². The van der Waals surface area contributed by atoms with Crippen molar-refractivity contribution in [1.29, 1.82) is 5.26 Å². The second-order valence-electron chi connectivity index (χ2n) is 3.31. The summed E-state index contributed by atoms with van der Waals surface area (Å²) in [5, 5.41) is 16.7. The number of aryl methyl sites for hydroxylation is 1. The molecule has 0 radical (unpaired) electrons. The molecule has 0 unspecified atom stereocenters. The van der Waals surface area contributed by atoms with Gasteiger partial charge in [0.1, 0.15) is 5.41 Å². The lowest BCUT2D eigenvalue weighted by atomic mass is 10.0. The molecule has 1 aliphatic rings. The fourth-order valence-corrected chi connectivity index (χ4v) is 1.25. The Morgan fingerprint density at radius 1 is 1.58 bits per heavy atom. The summed E-state index contributed by atoms with van der Waals surface area (Å²) in [5.41, 5.74) is 1.62. The minimum absolute atomic E-state index is 0.293. The molecular weight excluding hydrogens is 150 g/mol. The summed E-state index contributed by atoms with van der Waals surface area (Å²) >= 11 is 0. The monoisotopic (exact) mass is 159 g/mol. The molecule has 2 rings (SSSR count). The van der Waals surface area contributed by atoms with E-state index in [4.69, 9.17) is 5.26 Å². The highest BCUT2D eigenvalue weighted by Gasteiger charge is 2.46. The fourth-order valence-electron chi connectivity index (χ4n) is 1.25. The molecule has 12 heavy (non-hydrogen) atoms. The van der Waals surface area contributed by atoms with Gasteiger partial charge >= 0.3 is 0 Å². The lowest BCUT2D eigenvalue weighted by Gasteiger charge is -2.02. The molecule has 1 fully saturated rings. The minimum atomic E-state index is -0.293. The van der Waals surface area contributed by atoms with Gasteiger partial charge in [-0.1, -0.05) is 0 Å². The number of rotatable bonds is 1. The van der Waals surface area contributed by atoms with E-state index >= 15 is 0 Å². The van der Waals surface area contributed by atoms with Crippen molar-refractivity contribution in [2.24, 2.45) is 0 Å². The molecule has 3 heteroatoms. The van der Waals surface area contributed by atoms with E-state index in [1.807, 2.05) is 13.0 Å². The molecule has 0 spiro atoms. The van der Waals surface area contributed by atoms with Crippen LogP contribution in [-0.4, -0.2) is 10.2 Å². The molecule has 0 saturated heterocycles. The zero-order valence-corrected chi connectivity index (χ0v) is 6.91. The summed E-state index contributed by atoms with van der Waals surface area (Å²) in [6.45, 7) is 1.96. The van der Waals surface area contributed by atoms with Gasteiger partial charge in [0.2, 0.25) is 0 Å². The lowest BCUT2D eigenvalue weighted by molar-refractivity contribution is 0.802. The molecule has 0 amide bonds. The van der Waals surface area contributed by atoms with Crippen molar-refractivity contribution in [1.82, 2.24) is 10.2 Å². The predicted octanol–water partition coefficient (Wildman–Crippen LogP) is 1.34. The first kappa shape index (κ1) is 7.23. The second kappa shape index (κ2) is 2.28. The molecular formula is C9H9N3. The van der Waals surface area contributed by atoms with Gasteiger partial charge in [0.05, 0.1) is 18.0 Å². The van der Waals surface area contributed by atoms with Crippen molar-refractivity contribution in [2.75, 3.05) is 0 Å². The van der Waals surface area contributed by atoms with Crippen molar-refractivity contribution in [2.45, 2.75) is 25.2 Å². The number of hydrogen-bond donors (Lipinski definition) is 0. The SMILES string of the molecule is Cc1cnnc(C2(C#N)CC2)c1. The van der Waals surface area contributed by atoms with Gasteiger partial charge < -0.3 is 0 Å². The highest BCUT2D eigenvalue weighted by molar-refractivity contribution is 5.34. The number of hydrogen-bond acceptors (Lipinski definition) is 3. The smallest absolute Gasteiger partial charge is 0.101 e. The van der Waals surface area contributed by atoms with Crippen molar-refractivity contribution in [3.63, 3.8) is 0 Å². The molecule has 0 aliphatic heterocycles. The molecule has 3 nitrogen and oxygen atoms in total. The van der Waals surface area contributed by atoms with Gasteiger partial charge in [0, 0.05) is 0 Å². The highest BCUT2D eigenvalue weighted by atomic mass is 15.1. The summed E-state index contributed by atoms with van der Waals surface area (Å²) in [4.78, 5) is 0. The van der Waals surface area contributed by atoms with Gasteiger partial charge in [-0.3, -0.25) is 0 Å². The first-order valence-electron chi connectivity index (χ1n) is 3.98. The normalized spacial score (nSPS) is 18.3. The van der Waals surface area contributed by atoms with E-state index < -0.39 is 0 Å². The summed E-state index contributed by atoms with van der Waals surface area (Å²) in [7, 11) is 0. The van der Waals surface area contributed by atoms with E-state index in [1.54, 1.807) is 6.20 Å². The first-order valence-corrected chi connectivity index (χ1v) is 3.98. The Kier molecular flexibility index (Phi) is 1.37. The number of nitriles is 1. The van der Waals surface area contributed by atoms with E-state index in [-0.39, 0.29) is 5.41 Å². The Morgan fingerprint density at radius 2 is 2.33 bits per heavy atom. The molecule has 0 bridgehead atoms. The maximum Gasteiger partial charge on any atom is 0.101 e. The first-order chi connectivity index (χ1) is 5.77. The number of nitrogens with zero attached hydrogens (tertiary/aromatic N) is 3. The highest BCUT2D eigenvalue weighted by Crippen LogP contribution is 2.46. The van der Waals surface area contributed by atoms with Crippen LogP contribution in [0.1, 0.15) is 24.1 Å². The Hall–Kier alpha value is -1.43. The molecule has 1 aromatic rings. The average molecular weight is 159 g/mol. The van der Waals surface area contributed by atoms with Crippen molar-refractivity contribution in [3.05, 3.63) is 23.5 Å². The van der Waals surface area contributed by atoms with Crippen molar-refractivity contribution in [3.8, 4) is 6.07 Å². The summed E-state index contributed by atoms with van der Waals surface area (Å²) in [6, 6.07) is 4.24. The molecule has 60 valence electrons. The van der Waals surface area contributed by atoms with Crippen LogP contribution in [0.15, 0.2) is 12.3 Å². The predicted molar refractivity (Wildman–Crippen MR) is 43.3 cm³/mol. The molecule has 0 N–H and O–H groups in total. The van der Waals surface area contributed by atoms with E-state index in [0.29, 0.717) is 0 Å². The number of aromatic nitrogens is 2. The van der Waals surface area contributed by atoms with E-state index in [0.717, 1.165) is 24.1 Å². The van der Waals surface area contributed by atoms with Gasteiger partial charge in [-0.25, -0.2) is 0 Å². The van der Waals surface area contributed by atoms with Gasteiger partial charge in [-0.2, -0.15) is 15.5 Å². The molecule has 1 saturated carbocycles. The second-order valence-corrected chi connectivity index (χ2v) is 3.31. The van der Waals surface area contributed by atoms with Crippen LogP contribution in [0, 0.1) is 18.3 Å². The largest absolute Gasteiger partial charge is 0.197 e. The average Bonchev–Trinajstić information content (AvgIpc) is 2.84. The van der Waals surface area contributed by atoms with E-state index in [1.165, 1.54) is 0 Å². The van der Waals surface area contributed by atoms with Crippen LogP contribution in [0.25, 0.3) is 0 Å². The van der Waals surface area contributed by atoms with Crippen molar-refractivity contribution >= 4 is 0 Å². The maximum atomic E-state index is 8.88. The van der Waals surface area contributed by atoms with E-state index in [9.17, 15) is 0 Å². The fraction of sp³-hybridized carbons (Fsp3) is 0.444. The molecule has 1 aliphatic carbocycles. The van der Waals surface area contributed by atoms with Crippen LogP contribution in [0.3, 0.4) is 0 Å². The van der Waals surface area contributed by atoms with Crippen LogP contribution in [0.5, 0.6) is 0 Å². The summed E-state index contributed by atoms with van der Waals surface area (Å²) in [5.74, 6) is 0. The standard InChI is InChI=1S/C9H9N3/c1-7-4-8(12-11-5-7)9(6-10)2-3-9/h4-5H,2-3H2,1H3. The third kappa shape index (κ3) is 0.964. The zero-order chi connectivity index (χ0) is 8.60. The molecule has 1 heterocycles. The van der Waals surface area contributed by atoms with Gasteiger partial charge in [0.15, 0.2) is 0 Å². The third-order valence-corrected chi connectivity index (χ3v) is 2.25. The Labute approximate surface area is 71.1 Å². The van der Waals surface area contributed by atoms with Crippen LogP contribution in [0.4, 0.5) is 0 Å². The maximum absolute atomic E-state index is 8.88. The summed E-state index contributed by atoms with van der Waals surface area (Å²) in [6.07, 6.45) is 3.57. The Morgan fingerprint density at radius 3 is 2.83 bits per heavy atom. The topological polar surface area (TPSA) is 49.6 Å². The van der Waals surface area contributed by atoms with Crippen LogP contribution >= 0.6 is 0 Å². The molecule has 0 atom stereocenters. The molecule has 0 aromatic carbocycles. The van der Waals surface area contributed by atoms with E-state index in [2.05, 4.69) is 16.3 Å². The summed E-state index contributed by atoms with van der Waals surface area (Å²) < 4.78 is 0. The Balaban J connectivity index is 2.42. The van der Waals surface area contributed by atoms with Gasteiger partial charge in [-0.15, -0.1) is 0 Å². The third-order valence-electron chi connectivity index (χ3n) is 2.25. The van der Waals surface area contributed by atoms with Crippen LogP contribution in [-0.2, 0) is 5.41 Å². The quantitative estimate of drug-likeness (QED) is 0.621. The minimum Gasteiger partial charge on any atom is -0.197 e. The van der Waals surface area contributed by atoms with Crippen LogP contribution in [0.2, 0.25) is 0 Å². The van der Waals surface area contributed by atoms with Crippen LogP contribution < -0.4 is 0 Å². The lowest BCUT2D eigenvalue weighted by Crippen LogP contribution is -2.06. The zero-order valence-electron chi connectivity index (χ0n) is 6.91. The molecule has 1 aromatic heterocycles.